The summed E-state index contributed by atoms with van der Waals surface area (Å²) in [4.78, 5) is 0. The van der Waals surface area contributed by atoms with Gasteiger partial charge >= 0.3 is 6.18 Å². The van der Waals surface area contributed by atoms with Gasteiger partial charge in [-0.3, -0.25) is 0 Å². The highest BCUT2D eigenvalue weighted by molar-refractivity contribution is 4.77. The second-order valence-corrected chi connectivity index (χ2v) is 5.07. The molecule has 2 N–H and O–H groups in total. The van der Waals surface area contributed by atoms with Crippen LogP contribution in [0.1, 0.15) is 38.5 Å². The number of aliphatic hydroxyl groups is 1. The molecule has 1 rings (SSSR count). The molecule has 1 unspecified atom stereocenters. The fourth-order valence-electron chi connectivity index (χ4n) is 2.55. The summed E-state index contributed by atoms with van der Waals surface area (Å²) in [5.74, 6) is 0.680. The molecule has 0 amide bonds. The Kier molecular flexibility index (Phi) is 5.73. The molecule has 1 fully saturated rings. The Balaban J connectivity index is 2.23. The average molecular weight is 253 g/mol. The van der Waals surface area contributed by atoms with E-state index in [2.05, 4.69) is 5.32 Å². The van der Waals surface area contributed by atoms with Crippen molar-refractivity contribution in [2.75, 3.05) is 13.6 Å². The normalized spacial score (nSPS) is 28.1. The summed E-state index contributed by atoms with van der Waals surface area (Å²) in [5, 5.41) is 12.1. The molecule has 0 saturated heterocycles. The molecule has 0 spiro atoms. The second-order valence-electron chi connectivity index (χ2n) is 5.07. The van der Waals surface area contributed by atoms with E-state index in [0.717, 1.165) is 38.6 Å². The van der Waals surface area contributed by atoms with E-state index < -0.39 is 12.3 Å². The zero-order chi connectivity index (χ0) is 12.9. The van der Waals surface area contributed by atoms with Crippen LogP contribution in [-0.4, -0.2) is 31.0 Å². The molecule has 0 aromatic carbocycles. The predicted octanol–water partition coefficient (Wildman–Crippen LogP) is 2.72. The molecule has 1 atom stereocenters. The minimum absolute atomic E-state index is 0.0393. The van der Waals surface area contributed by atoms with Gasteiger partial charge in [0.05, 0.1) is 0 Å². The van der Waals surface area contributed by atoms with Crippen molar-refractivity contribution in [2.24, 2.45) is 11.8 Å². The number of alkyl halides is 3. The maximum Gasteiger partial charge on any atom is 0.414 e. The molecule has 17 heavy (non-hydrogen) atoms. The fraction of sp³-hybridized carbons (Fsp3) is 1.00. The van der Waals surface area contributed by atoms with Crippen LogP contribution in [0.4, 0.5) is 13.2 Å². The highest BCUT2D eigenvalue weighted by Crippen LogP contribution is 2.35. The standard InChI is InChI=1S/C12H22F3NO/c1-16-7-6-9-2-4-10(5-3-9)8-11(17)12(13,14)15/h9-11,16-17H,2-8H2,1H3. The van der Waals surface area contributed by atoms with Crippen molar-refractivity contribution >= 4 is 0 Å². The van der Waals surface area contributed by atoms with Gasteiger partial charge in [-0.15, -0.1) is 0 Å². The van der Waals surface area contributed by atoms with Crippen molar-refractivity contribution in [1.29, 1.82) is 0 Å². The van der Waals surface area contributed by atoms with Gasteiger partial charge in [-0.1, -0.05) is 25.7 Å². The lowest BCUT2D eigenvalue weighted by Gasteiger charge is -2.30. The van der Waals surface area contributed by atoms with E-state index in [1.165, 1.54) is 0 Å². The summed E-state index contributed by atoms with van der Waals surface area (Å²) in [6.45, 7) is 0.973. The van der Waals surface area contributed by atoms with E-state index in [9.17, 15) is 13.2 Å². The molecule has 1 saturated carbocycles. The molecular weight excluding hydrogens is 231 g/mol. The van der Waals surface area contributed by atoms with E-state index in [1.54, 1.807) is 0 Å². The van der Waals surface area contributed by atoms with E-state index in [0.29, 0.717) is 5.92 Å². The van der Waals surface area contributed by atoms with Crippen LogP contribution in [0.2, 0.25) is 0 Å². The molecule has 0 heterocycles. The van der Waals surface area contributed by atoms with Gasteiger partial charge in [0.15, 0.2) is 0 Å². The fourth-order valence-corrected chi connectivity index (χ4v) is 2.55. The largest absolute Gasteiger partial charge is 0.414 e. The number of nitrogens with one attached hydrogen (secondary N) is 1. The first-order valence-corrected chi connectivity index (χ1v) is 6.33. The van der Waals surface area contributed by atoms with Gasteiger partial charge in [-0.25, -0.2) is 0 Å². The first-order valence-electron chi connectivity index (χ1n) is 6.33. The van der Waals surface area contributed by atoms with Crippen LogP contribution >= 0.6 is 0 Å². The Morgan fingerprint density at radius 3 is 2.18 bits per heavy atom. The average Bonchev–Trinajstić information content (AvgIpc) is 2.27. The van der Waals surface area contributed by atoms with Gasteiger partial charge in [0.25, 0.3) is 0 Å². The number of rotatable bonds is 5. The number of hydrogen-bond donors (Lipinski definition) is 2. The Morgan fingerprint density at radius 2 is 1.71 bits per heavy atom. The van der Waals surface area contributed by atoms with Gasteiger partial charge in [0, 0.05) is 0 Å². The first-order chi connectivity index (χ1) is 7.93. The van der Waals surface area contributed by atoms with Crippen molar-refractivity contribution in [1.82, 2.24) is 5.32 Å². The summed E-state index contributed by atoms with van der Waals surface area (Å²) in [6, 6.07) is 0. The van der Waals surface area contributed by atoms with Crippen LogP contribution < -0.4 is 5.32 Å². The van der Waals surface area contributed by atoms with Crippen molar-refractivity contribution < 1.29 is 18.3 Å². The lowest BCUT2D eigenvalue weighted by atomic mass is 9.78. The van der Waals surface area contributed by atoms with E-state index in [-0.39, 0.29) is 12.3 Å². The van der Waals surface area contributed by atoms with E-state index >= 15 is 0 Å². The number of halogens is 3. The molecule has 102 valence electrons. The highest BCUT2D eigenvalue weighted by atomic mass is 19.4. The summed E-state index contributed by atoms with van der Waals surface area (Å²) in [7, 11) is 1.91. The molecule has 0 aliphatic heterocycles. The number of hydrogen-bond acceptors (Lipinski definition) is 2. The van der Waals surface area contributed by atoms with Gasteiger partial charge in [-0.2, -0.15) is 13.2 Å². The second kappa shape index (κ2) is 6.59. The third kappa shape index (κ3) is 5.25. The minimum atomic E-state index is -4.46. The molecule has 1 aliphatic rings. The van der Waals surface area contributed by atoms with Crippen LogP contribution in [0.3, 0.4) is 0 Å². The third-order valence-corrected chi connectivity index (χ3v) is 3.70. The van der Waals surface area contributed by atoms with Crippen LogP contribution in [0.25, 0.3) is 0 Å². The van der Waals surface area contributed by atoms with Gasteiger partial charge in [-0.05, 0) is 38.3 Å². The Morgan fingerprint density at radius 1 is 1.18 bits per heavy atom. The van der Waals surface area contributed by atoms with Gasteiger partial charge < -0.3 is 10.4 Å². The minimum Gasteiger partial charge on any atom is -0.384 e. The lowest BCUT2D eigenvalue weighted by Crippen LogP contribution is -2.32. The van der Waals surface area contributed by atoms with Crippen LogP contribution in [0.5, 0.6) is 0 Å². The molecule has 5 heteroatoms. The molecule has 0 aromatic rings. The van der Waals surface area contributed by atoms with Crippen LogP contribution in [-0.2, 0) is 0 Å². The zero-order valence-electron chi connectivity index (χ0n) is 10.3. The van der Waals surface area contributed by atoms with E-state index in [4.69, 9.17) is 5.11 Å². The van der Waals surface area contributed by atoms with Crippen LogP contribution in [0, 0.1) is 11.8 Å². The summed E-state index contributed by atoms with van der Waals surface area (Å²) >= 11 is 0. The molecule has 1 aliphatic carbocycles. The highest BCUT2D eigenvalue weighted by Gasteiger charge is 2.39. The van der Waals surface area contributed by atoms with Gasteiger partial charge in [0.2, 0.25) is 0 Å². The summed E-state index contributed by atoms with van der Waals surface area (Å²) in [5.41, 5.74) is 0. The smallest absolute Gasteiger partial charge is 0.384 e. The molecule has 2 nitrogen and oxygen atoms in total. The summed E-state index contributed by atoms with van der Waals surface area (Å²) in [6.07, 6.45) is -1.98. The van der Waals surface area contributed by atoms with E-state index in [1.807, 2.05) is 7.05 Å². The zero-order valence-corrected chi connectivity index (χ0v) is 10.3. The molecule has 0 aromatic heterocycles. The maximum atomic E-state index is 12.2. The third-order valence-electron chi connectivity index (χ3n) is 3.70. The Bertz CT molecular complexity index is 212. The Hall–Kier alpha value is -0.290. The summed E-state index contributed by atoms with van der Waals surface area (Å²) < 4.78 is 36.6. The molecule has 0 bridgehead atoms. The molecular formula is C12H22F3NO. The van der Waals surface area contributed by atoms with Crippen LogP contribution in [0.15, 0.2) is 0 Å². The monoisotopic (exact) mass is 253 g/mol. The van der Waals surface area contributed by atoms with Crippen molar-refractivity contribution in [3.05, 3.63) is 0 Å². The Labute approximate surface area is 101 Å². The lowest BCUT2D eigenvalue weighted by molar-refractivity contribution is -0.209. The van der Waals surface area contributed by atoms with Gasteiger partial charge in [0.1, 0.15) is 6.10 Å². The van der Waals surface area contributed by atoms with Crippen molar-refractivity contribution in [2.45, 2.75) is 50.8 Å². The quantitative estimate of drug-likeness (QED) is 0.789. The topological polar surface area (TPSA) is 32.3 Å². The molecule has 0 radical (unpaired) electrons. The maximum absolute atomic E-state index is 12.2. The van der Waals surface area contributed by atoms with Crippen molar-refractivity contribution in [3.63, 3.8) is 0 Å². The predicted molar refractivity (Wildman–Crippen MR) is 60.7 cm³/mol. The van der Waals surface area contributed by atoms with Crippen molar-refractivity contribution in [3.8, 4) is 0 Å². The first kappa shape index (κ1) is 14.8. The number of aliphatic hydroxyl groups excluding tert-OH is 1. The SMILES string of the molecule is CNCCC1CCC(CC(O)C(F)(F)F)CC1.